The second kappa shape index (κ2) is 9.55. The van der Waals surface area contributed by atoms with Gasteiger partial charge in [0.1, 0.15) is 24.9 Å². The Morgan fingerprint density at radius 3 is 2.79 bits per heavy atom. The first-order valence-corrected chi connectivity index (χ1v) is 11.6. The SMILES string of the molecule is O=C(NC1CCCC1)OCC1OC(n2cnc3c(NC4CCOC4)nc(Cl)nc32)C(O)C1O. The maximum atomic E-state index is 12.1. The first-order valence-electron chi connectivity index (χ1n) is 11.2. The molecule has 1 aliphatic carbocycles. The monoisotopic (exact) mass is 482 g/mol. The zero-order valence-corrected chi connectivity index (χ0v) is 18.6. The Balaban J connectivity index is 1.28. The second-order valence-electron chi connectivity index (χ2n) is 8.64. The molecule has 0 radical (unpaired) electrons. The van der Waals surface area contributed by atoms with Gasteiger partial charge in [-0.2, -0.15) is 9.97 Å². The van der Waals surface area contributed by atoms with Crippen LogP contribution in [0.25, 0.3) is 11.2 Å². The standard InChI is InChI=1S/C20H27ClN6O6/c21-19-25-16(23-11-5-6-31-7-11)13-17(26-19)27(9-22-13)18-15(29)14(28)12(33-18)8-32-20(30)24-10-3-1-2-4-10/h9-12,14-15,18,28-29H,1-8H2,(H,24,30)(H,23,25,26). The number of carbonyl (C=O) groups is 1. The van der Waals surface area contributed by atoms with E-state index in [4.69, 9.17) is 25.8 Å². The van der Waals surface area contributed by atoms with E-state index in [2.05, 4.69) is 25.6 Å². The Kier molecular flexibility index (Phi) is 6.52. The van der Waals surface area contributed by atoms with E-state index in [1.165, 1.54) is 10.9 Å². The number of amides is 1. The highest BCUT2D eigenvalue weighted by Crippen LogP contribution is 2.33. The summed E-state index contributed by atoms with van der Waals surface area (Å²) >= 11 is 6.14. The van der Waals surface area contributed by atoms with Crippen LogP contribution in [-0.4, -0.2) is 86.0 Å². The Morgan fingerprint density at radius 1 is 1.21 bits per heavy atom. The summed E-state index contributed by atoms with van der Waals surface area (Å²) in [6.45, 7) is 1.01. The molecule has 0 aromatic carbocycles. The molecule has 13 heteroatoms. The van der Waals surface area contributed by atoms with Gasteiger partial charge in [0.25, 0.3) is 0 Å². The molecular weight excluding hydrogens is 456 g/mol. The molecule has 1 amide bonds. The summed E-state index contributed by atoms with van der Waals surface area (Å²) in [5.41, 5.74) is 0.792. The van der Waals surface area contributed by atoms with Crippen molar-refractivity contribution in [3.63, 3.8) is 0 Å². The number of aliphatic hydroxyl groups is 2. The van der Waals surface area contributed by atoms with E-state index in [1.807, 2.05) is 0 Å². The number of ether oxygens (including phenoxy) is 3. The van der Waals surface area contributed by atoms with Crippen molar-refractivity contribution < 1.29 is 29.2 Å². The first kappa shape index (κ1) is 22.5. The zero-order valence-electron chi connectivity index (χ0n) is 17.9. The third-order valence-electron chi connectivity index (χ3n) is 6.33. The Labute approximate surface area is 194 Å². The van der Waals surface area contributed by atoms with Crippen LogP contribution in [0.5, 0.6) is 0 Å². The van der Waals surface area contributed by atoms with Crippen molar-refractivity contribution in [2.45, 2.75) is 68.7 Å². The lowest BCUT2D eigenvalue weighted by molar-refractivity contribution is -0.0534. The van der Waals surface area contributed by atoms with Crippen LogP contribution in [0, 0.1) is 0 Å². The number of nitrogens with one attached hydrogen (secondary N) is 2. The summed E-state index contributed by atoms with van der Waals surface area (Å²) in [6, 6.07) is 0.196. The highest BCUT2D eigenvalue weighted by Gasteiger charge is 2.45. The van der Waals surface area contributed by atoms with E-state index in [0.717, 1.165) is 32.1 Å². The van der Waals surface area contributed by atoms with Crippen LogP contribution in [0.2, 0.25) is 5.28 Å². The maximum absolute atomic E-state index is 12.1. The molecule has 33 heavy (non-hydrogen) atoms. The lowest BCUT2D eigenvalue weighted by atomic mass is 10.1. The van der Waals surface area contributed by atoms with Gasteiger partial charge in [0.05, 0.1) is 19.0 Å². The van der Waals surface area contributed by atoms with Crippen LogP contribution < -0.4 is 10.6 Å². The number of anilines is 1. The second-order valence-corrected chi connectivity index (χ2v) is 8.98. The topological polar surface area (TPSA) is 153 Å². The number of rotatable bonds is 6. The minimum atomic E-state index is -1.29. The molecule has 5 atom stereocenters. The number of hydrogen-bond acceptors (Lipinski definition) is 10. The molecule has 0 bridgehead atoms. The number of hydrogen-bond donors (Lipinski definition) is 4. The molecule has 2 aromatic rings. The quantitative estimate of drug-likeness (QED) is 0.438. The summed E-state index contributed by atoms with van der Waals surface area (Å²) in [5.74, 6) is 0.454. The molecule has 3 aliphatic rings. The lowest BCUT2D eigenvalue weighted by Gasteiger charge is -2.17. The first-order chi connectivity index (χ1) is 16.0. The van der Waals surface area contributed by atoms with Gasteiger partial charge in [0, 0.05) is 12.6 Å². The van der Waals surface area contributed by atoms with Crippen molar-refractivity contribution in [3.8, 4) is 0 Å². The zero-order chi connectivity index (χ0) is 22.9. The summed E-state index contributed by atoms with van der Waals surface area (Å²) in [5, 5.41) is 27.2. The highest BCUT2D eigenvalue weighted by molar-refractivity contribution is 6.28. The largest absolute Gasteiger partial charge is 0.447 e. The van der Waals surface area contributed by atoms with Gasteiger partial charge in [0.15, 0.2) is 23.2 Å². The molecule has 5 unspecified atom stereocenters. The third kappa shape index (κ3) is 4.71. The summed E-state index contributed by atoms with van der Waals surface area (Å²) < 4.78 is 18.0. The average molecular weight is 483 g/mol. The molecule has 2 aromatic heterocycles. The molecule has 3 fully saturated rings. The fourth-order valence-electron chi connectivity index (χ4n) is 4.55. The molecule has 5 rings (SSSR count). The van der Waals surface area contributed by atoms with Gasteiger partial charge in [-0.25, -0.2) is 9.78 Å². The normalized spacial score (nSPS) is 30.2. The van der Waals surface area contributed by atoms with Gasteiger partial charge >= 0.3 is 6.09 Å². The molecule has 0 spiro atoms. The van der Waals surface area contributed by atoms with Crippen LogP contribution in [0.3, 0.4) is 0 Å². The average Bonchev–Trinajstić information content (AvgIpc) is 3.58. The van der Waals surface area contributed by atoms with Crippen LogP contribution in [0.1, 0.15) is 38.3 Å². The van der Waals surface area contributed by atoms with E-state index in [0.29, 0.717) is 30.2 Å². The van der Waals surface area contributed by atoms with Gasteiger partial charge < -0.3 is 35.1 Å². The molecule has 2 aliphatic heterocycles. The van der Waals surface area contributed by atoms with Crippen LogP contribution in [-0.2, 0) is 14.2 Å². The summed E-state index contributed by atoms with van der Waals surface area (Å²) in [4.78, 5) is 24.9. The number of aromatic nitrogens is 4. The number of alkyl carbamates (subject to hydrolysis) is 1. The van der Waals surface area contributed by atoms with E-state index in [-0.39, 0.29) is 24.0 Å². The van der Waals surface area contributed by atoms with E-state index in [1.54, 1.807) is 0 Å². The molecule has 180 valence electrons. The predicted molar refractivity (Wildman–Crippen MR) is 116 cm³/mol. The van der Waals surface area contributed by atoms with Crippen molar-refractivity contribution in [1.82, 2.24) is 24.8 Å². The number of carbonyl (C=O) groups excluding carboxylic acids is 1. The van der Waals surface area contributed by atoms with E-state index >= 15 is 0 Å². The maximum Gasteiger partial charge on any atom is 0.407 e. The smallest absolute Gasteiger partial charge is 0.407 e. The van der Waals surface area contributed by atoms with Gasteiger partial charge in [0.2, 0.25) is 5.28 Å². The van der Waals surface area contributed by atoms with Gasteiger partial charge in [-0.15, -0.1) is 0 Å². The molecular formula is C20H27ClN6O6. The summed E-state index contributed by atoms with van der Waals surface area (Å²) in [7, 11) is 0. The molecule has 4 N–H and O–H groups in total. The highest BCUT2D eigenvalue weighted by atomic mass is 35.5. The van der Waals surface area contributed by atoms with Gasteiger partial charge in [-0.1, -0.05) is 12.8 Å². The molecule has 12 nitrogen and oxygen atoms in total. The predicted octanol–water partition coefficient (Wildman–Crippen LogP) is 0.968. The van der Waals surface area contributed by atoms with Crippen molar-refractivity contribution in [2.75, 3.05) is 25.1 Å². The van der Waals surface area contributed by atoms with Crippen molar-refractivity contribution in [1.29, 1.82) is 0 Å². The number of fused-ring (bicyclic) bond motifs is 1. The minimum absolute atomic E-state index is 0.00201. The number of imidazole rings is 1. The Bertz CT molecular complexity index is 995. The fourth-order valence-corrected chi connectivity index (χ4v) is 4.72. The van der Waals surface area contributed by atoms with Crippen LogP contribution >= 0.6 is 11.6 Å². The number of halogens is 1. The minimum Gasteiger partial charge on any atom is -0.447 e. The van der Waals surface area contributed by atoms with Crippen molar-refractivity contribution in [2.24, 2.45) is 0 Å². The van der Waals surface area contributed by atoms with E-state index < -0.39 is 30.6 Å². The Morgan fingerprint density at radius 2 is 2.03 bits per heavy atom. The molecule has 4 heterocycles. The van der Waals surface area contributed by atoms with Gasteiger partial charge in [-0.05, 0) is 30.9 Å². The third-order valence-corrected chi connectivity index (χ3v) is 6.50. The van der Waals surface area contributed by atoms with Crippen molar-refractivity contribution >= 4 is 34.7 Å². The lowest BCUT2D eigenvalue weighted by Crippen LogP contribution is -2.38. The molecule has 2 saturated heterocycles. The molecule has 1 saturated carbocycles. The van der Waals surface area contributed by atoms with Crippen LogP contribution in [0.15, 0.2) is 6.33 Å². The fraction of sp³-hybridized carbons (Fsp3) is 0.700. The number of nitrogens with zero attached hydrogens (tertiary/aromatic N) is 4. The van der Waals surface area contributed by atoms with Crippen LogP contribution in [0.4, 0.5) is 10.6 Å². The van der Waals surface area contributed by atoms with Crippen molar-refractivity contribution in [3.05, 3.63) is 11.6 Å². The van der Waals surface area contributed by atoms with Gasteiger partial charge in [-0.3, -0.25) is 4.57 Å². The Hall–Kier alpha value is -2.25. The van der Waals surface area contributed by atoms with E-state index in [9.17, 15) is 15.0 Å². The summed E-state index contributed by atoms with van der Waals surface area (Å²) in [6.07, 6.45) is 1.28. The number of aliphatic hydroxyl groups excluding tert-OH is 2.